The van der Waals surface area contributed by atoms with Crippen LogP contribution in [0.2, 0.25) is 0 Å². The van der Waals surface area contributed by atoms with Gasteiger partial charge in [0.1, 0.15) is 0 Å². The first-order chi connectivity index (χ1) is 5.16. The van der Waals surface area contributed by atoms with Gasteiger partial charge in [-0.3, -0.25) is 0 Å². The van der Waals surface area contributed by atoms with Crippen molar-refractivity contribution in [2.75, 3.05) is 0 Å². The summed E-state index contributed by atoms with van der Waals surface area (Å²) in [6.07, 6.45) is 4.16. The highest BCUT2D eigenvalue weighted by Gasteiger charge is 2.28. The highest BCUT2D eigenvalue weighted by Crippen LogP contribution is 2.40. The smallest absolute Gasteiger partial charge is 0.0203 e. The lowest BCUT2D eigenvalue weighted by Gasteiger charge is -2.13. The molecule has 1 aliphatic rings. The Hall–Kier alpha value is -0.260. The Morgan fingerprint density at radius 1 is 1.36 bits per heavy atom. The summed E-state index contributed by atoms with van der Waals surface area (Å²) in [4.78, 5) is 0. The van der Waals surface area contributed by atoms with Crippen molar-refractivity contribution in [3.8, 4) is 0 Å². The minimum absolute atomic E-state index is 0.856. The highest BCUT2D eigenvalue weighted by atomic mass is 14.3. The summed E-state index contributed by atoms with van der Waals surface area (Å²) in [5, 5.41) is 0. The molecule has 1 rings (SSSR count). The molecule has 0 aromatic heterocycles. The average molecular weight is 152 g/mol. The van der Waals surface area contributed by atoms with Crippen LogP contribution in [-0.4, -0.2) is 0 Å². The largest absolute Gasteiger partial charge is 0.0744 e. The van der Waals surface area contributed by atoms with Crippen LogP contribution >= 0.6 is 0 Å². The maximum Gasteiger partial charge on any atom is -0.0203 e. The summed E-state index contributed by atoms with van der Waals surface area (Å²) < 4.78 is 0. The molecule has 0 aromatic rings. The molecular weight excluding hydrogens is 132 g/mol. The summed E-state index contributed by atoms with van der Waals surface area (Å²) in [5.41, 5.74) is 3.25. The van der Waals surface area contributed by atoms with E-state index in [-0.39, 0.29) is 0 Å². The molecule has 0 amide bonds. The number of rotatable bonds is 3. The molecule has 0 saturated heterocycles. The van der Waals surface area contributed by atoms with Crippen molar-refractivity contribution in [2.45, 2.75) is 47.0 Å². The lowest BCUT2D eigenvalue weighted by atomic mass is 9.93. The summed E-state index contributed by atoms with van der Waals surface area (Å²) in [6, 6.07) is 0. The molecule has 1 fully saturated rings. The van der Waals surface area contributed by atoms with Gasteiger partial charge in [0.2, 0.25) is 0 Å². The number of hydrogen-bond acceptors (Lipinski definition) is 0. The Labute approximate surface area is 70.7 Å². The number of hydrogen-bond donors (Lipinski definition) is 0. The molecule has 0 radical (unpaired) electrons. The van der Waals surface area contributed by atoms with E-state index in [0.29, 0.717) is 0 Å². The zero-order valence-corrected chi connectivity index (χ0v) is 8.28. The molecule has 1 aliphatic carbocycles. The number of allylic oxidation sites excluding steroid dienone is 2. The fourth-order valence-electron chi connectivity index (χ4n) is 1.62. The topological polar surface area (TPSA) is 0 Å². The molecule has 0 bridgehead atoms. The van der Waals surface area contributed by atoms with Crippen molar-refractivity contribution in [3.63, 3.8) is 0 Å². The molecule has 0 heterocycles. The van der Waals surface area contributed by atoms with E-state index in [4.69, 9.17) is 0 Å². The normalized spacial score (nSPS) is 22.9. The fraction of sp³-hybridized carbons (Fsp3) is 0.818. The van der Waals surface area contributed by atoms with Crippen molar-refractivity contribution >= 4 is 0 Å². The Kier molecular flexibility index (Phi) is 2.75. The third-order valence-electron chi connectivity index (χ3n) is 3.22. The lowest BCUT2D eigenvalue weighted by molar-refractivity contribution is 0.583. The van der Waals surface area contributed by atoms with Crippen LogP contribution in [0.5, 0.6) is 0 Å². The van der Waals surface area contributed by atoms with Gasteiger partial charge in [0.05, 0.1) is 0 Å². The van der Waals surface area contributed by atoms with Crippen LogP contribution in [0, 0.1) is 11.8 Å². The quantitative estimate of drug-likeness (QED) is 0.540. The van der Waals surface area contributed by atoms with E-state index < -0.39 is 0 Å². The summed E-state index contributed by atoms with van der Waals surface area (Å²) in [7, 11) is 0. The molecule has 1 saturated carbocycles. The summed E-state index contributed by atoms with van der Waals surface area (Å²) in [6.45, 7) is 9.21. The van der Waals surface area contributed by atoms with E-state index >= 15 is 0 Å². The average Bonchev–Trinajstić information content (AvgIpc) is 2.82. The van der Waals surface area contributed by atoms with Crippen LogP contribution < -0.4 is 0 Å². The van der Waals surface area contributed by atoms with Gasteiger partial charge in [0, 0.05) is 0 Å². The third kappa shape index (κ3) is 2.08. The molecular formula is C11H20. The van der Waals surface area contributed by atoms with Crippen molar-refractivity contribution in [1.82, 2.24) is 0 Å². The van der Waals surface area contributed by atoms with Crippen LogP contribution in [0.15, 0.2) is 11.1 Å². The van der Waals surface area contributed by atoms with Crippen LogP contribution in [0.3, 0.4) is 0 Å². The molecule has 0 nitrogen and oxygen atoms in total. The van der Waals surface area contributed by atoms with E-state index in [1.54, 1.807) is 11.1 Å². The van der Waals surface area contributed by atoms with Crippen LogP contribution in [-0.2, 0) is 0 Å². The Balaban J connectivity index is 2.56. The summed E-state index contributed by atoms with van der Waals surface area (Å²) in [5.74, 6) is 1.88. The van der Waals surface area contributed by atoms with E-state index in [1.165, 1.54) is 19.3 Å². The van der Waals surface area contributed by atoms with E-state index in [2.05, 4.69) is 27.7 Å². The maximum absolute atomic E-state index is 2.38. The van der Waals surface area contributed by atoms with E-state index in [9.17, 15) is 0 Å². The predicted molar refractivity (Wildman–Crippen MR) is 50.6 cm³/mol. The zero-order valence-electron chi connectivity index (χ0n) is 8.28. The van der Waals surface area contributed by atoms with Crippen LogP contribution in [0.25, 0.3) is 0 Å². The SMILES string of the molecule is CCC(C)=C(C)C(C)C1CC1. The second-order valence-corrected chi connectivity index (χ2v) is 3.94. The Morgan fingerprint density at radius 3 is 2.27 bits per heavy atom. The summed E-state index contributed by atoms with van der Waals surface area (Å²) >= 11 is 0. The van der Waals surface area contributed by atoms with Gasteiger partial charge in [-0.25, -0.2) is 0 Å². The second-order valence-electron chi connectivity index (χ2n) is 3.94. The fourth-order valence-corrected chi connectivity index (χ4v) is 1.62. The van der Waals surface area contributed by atoms with Gasteiger partial charge in [0.15, 0.2) is 0 Å². The molecule has 11 heavy (non-hydrogen) atoms. The van der Waals surface area contributed by atoms with Gasteiger partial charge < -0.3 is 0 Å². The second kappa shape index (κ2) is 3.42. The maximum atomic E-state index is 2.38. The Morgan fingerprint density at radius 2 is 1.91 bits per heavy atom. The lowest BCUT2D eigenvalue weighted by Crippen LogP contribution is -2.00. The van der Waals surface area contributed by atoms with Crippen molar-refractivity contribution in [2.24, 2.45) is 11.8 Å². The first kappa shape index (κ1) is 8.83. The first-order valence-corrected chi connectivity index (χ1v) is 4.83. The molecule has 0 N–H and O–H groups in total. The molecule has 0 aliphatic heterocycles. The van der Waals surface area contributed by atoms with Crippen molar-refractivity contribution < 1.29 is 0 Å². The van der Waals surface area contributed by atoms with Crippen LogP contribution in [0.1, 0.15) is 47.0 Å². The van der Waals surface area contributed by atoms with Crippen molar-refractivity contribution in [3.05, 3.63) is 11.1 Å². The minimum atomic E-state index is 0.856. The standard InChI is InChI=1S/C11H20/c1-5-8(2)9(3)10(4)11-6-7-11/h10-11H,5-7H2,1-4H3. The monoisotopic (exact) mass is 152 g/mol. The minimum Gasteiger partial charge on any atom is -0.0744 e. The van der Waals surface area contributed by atoms with Gasteiger partial charge in [-0.2, -0.15) is 0 Å². The van der Waals surface area contributed by atoms with Gasteiger partial charge in [0.25, 0.3) is 0 Å². The van der Waals surface area contributed by atoms with Gasteiger partial charge in [-0.15, -0.1) is 0 Å². The molecule has 1 atom stereocenters. The van der Waals surface area contributed by atoms with Gasteiger partial charge in [-0.1, -0.05) is 25.0 Å². The molecule has 1 unspecified atom stereocenters. The first-order valence-electron chi connectivity index (χ1n) is 4.83. The van der Waals surface area contributed by atoms with Crippen LogP contribution in [0.4, 0.5) is 0 Å². The Bertz CT molecular complexity index is 161. The van der Waals surface area contributed by atoms with E-state index in [0.717, 1.165) is 11.8 Å². The van der Waals surface area contributed by atoms with E-state index in [1.807, 2.05) is 0 Å². The van der Waals surface area contributed by atoms with Gasteiger partial charge in [-0.05, 0) is 44.9 Å². The zero-order chi connectivity index (χ0) is 8.43. The highest BCUT2D eigenvalue weighted by molar-refractivity contribution is 5.14. The molecule has 0 aromatic carbocycles. The molecule has 0 heteroatoms. The predicted octanol–water partition coefficient (Wildman–Crippen LogP) is 3.78. The van der Waals surface area contributed by atoms with Gasteiger partial charge >= 0.3 is 0 Å². The molecule has 0 spiro atoms. The van der Waals surface area contributed by atoms with Crippen molar-refractivity contribution in [1.29, 1.82) is 0 Å². The third-order valence-corrected chi connectivity index (χ3v) is 3.22. The molecule has 64 valence electrons.